The minimum absolute atomic E-state index is 0.0444. The Morgan fingerprint density at radius 2 is 1.83 bits per heavy atom. The van der Waals surface area contributed by atoms with Gasteiger partial charge in [0, 0.05) is 50.6 Å². The first-order valence-electron chi connectivity index (χ1n) is 9.54. The van der Waals surface area contributed by atoms with E-state index < -0.39 is 0 Å². The number of methoxy groups -OCH3 is 1. The van der Waals surface area contributed by atoms with Crippen LogP contribution in [0, 0.1) is 6.92 Å². The summed E-state index contributed by atoms with van der Waals surface area (Å²) in [4.78, 5) is 40.6. The fraction of sp³-hybridized carbons (Fsp3) is 0.381. The molecule has 1 aliphatic heterocycles. The van der Waals surface area contributed by atoms with Gasteiger partial charge in [0.1, 0.15) is 18.0 Å². The third kappa shape index (κ3) is 4.77. The predicted molar refractivity (Wildman–Crippen MR) is 112 cm³/mol. The average molecular weight is 398 g/mol. The highest BCUT2D eigenvalue weighted by Crippen LogP contribution is 2.22. The summed E-state index contributed by atoms with van der Waals surface area (Å²) in [7, 11) is 1.64. The van der Waals surface area contributed by atoms with E-state index in [1.807, 2.05) is 24.3 Å². The number of piperazine rings is 1. The van der Waals surface area contributed by atoms with E-state index in [2.05, 4.69) is 10.2 Å². The molecule has 8 heteroatoms. The summed E-state index contributed by atoms with van der Waals surface area (Å²) < 4.78 is 6.68. The Labute approximate surface area is 169 Å². The van der Waals surface area contributed by atoms with Crippen molar-refractivity contribution in [3.8, 4) is 5.75 Å². The number of rotatable bonds is 5. The molecule has 154 valence electrons. The third-order valence-electron chi connectivity index (χ3n) is 5.05. The quantitative estimate of drug-likeness (QED) is 0.825. The van der Waals surface area contributed by atoms with Crippen molar-refractivity contribution in [1.29, 1.82) is 0 Å². The number of nitrogens with zero attached hydrogens (tertiary/aromatic N) is 3. The van der Waals surface area contributed by atoms with E-state index in [0.29, 0.717) is 31.9 Å². The molecule has 0 radical (unpaired) electrons. The minimum Gasteiger partial charge on any atom is -0.497 e. The van der Waals surface area contributed by atoms with E-state index in [1.54, 1.807) is 31.1 Å². The lowest BCUT2D eigenvalue weighted by Gasteiger charge is -2.36. The van der Waals surface area contributed by atoms with Gasteiger partial charge in [0.05, 0.1) is 7.11 Å². The number of hydrogen-bond donors (Lipinski definition) is 1. The van der Waals surface area contributed by atoms with Crippen LogP contribution in [0.25, 0.3) is 0 Å². The van der Waals surface area contributed by atoms with Crippen molar-refractivity contribution in [1.82, 2.24) is 9.47 Å². The Morgan fingerprint density at radius 1 is 1.10 bits per heavy atom. The highest BCUT2D eigenvalue weighted by atomic mass is 16.5. The molecule has 1 fully saturated rings. The number of pyridine rings is 1. The van der Waals surface area contributed by atoms with E-state index in [1.165, 1.54) is 11.5 Å². The van der Waals surface area contributed by atoms with Crippen LogP contribution >= 0.6 is 0 Å². The fourth-order valence-electron chi connectivity index (χ4n) is 3.41. The number of aryl methyl sites for hydroxylation is 1. The molecule has 3 rings (SSSR count). The van der Waals surface area contributed by atoms with Gasteiger partial charge in [0.25, 0.3) is 5.56 Å². The van der Waals surface area contributed by atoms with Crippen LogP contribution in [0.1, 0.15) is 12.6 Å². The van der Waals surface area contributed by atoms with E-state index in [0.717, 1.165) is 11.4 Å². The van der Waals surface area contributed by atoms with Crippen LogP contribution in [0.2, 0.25) is 0 Å². The van der Waals surface area contributed by atoms with Crippen LogP contribution in [0.15, 0.2) is 41.2 Å². The van der Waals surface area contributed by atoms with Gasteiger partial charge in [-0.05, 0) is 31.2 Å². The van der Waals surface area contributed by atoms with Gasteiger partial charge in [-0.2, -0.15) is 0 Å². The van der Waals surface area contributed by atoms with Crippen LogP contribution in [0.5, 0.6) is 5.75 Å². The highest BCUT2D eigenvalue weighted by molar-refractivity contribution is 5.88. The molecule has 1 saturated heterocycles. The van der Waals surface area contributed by atoms with Gasteiger partial charge in [-0.3, -0.25) is 14.4 Å². The zero-order valence-corrected chi connectivity index (χ0v) is 17.0. The summed E-state index contributed by atoms with van der Waals surface area (Å²) in [5, 5.41) is 2.51. The monoisotopic (exact) mass is 398 g/mol. The van der Waals surface area contributed by atoms with Crippen LogP contribution in [-0.4, -0.2) is 54.6 Å². The Hall–Kier alpha value is -3.29. The van der Waals surface area contributed by atoms with Crippen LogP contribution in [0.3, 0.4) is 0 Å². The van der Waals surface area contributed by atoms with Gasteiger partial charge in [0.2, 0.25) is 11.8 Å². The fourth-order valence-corrected chi connectivity index (χ4v) is 3.41. The van der Waals surface area contributed by atoms with E-state index in [9.17, 15) is 14.4 Å². The van der Waals surface area contributed by atoms with Crippen LogP contribution in [-0.2, 0) is 16.1 Å². The normalized spacial score (nSPS) is 13.9. The van der Waals surface area contributed by atoms with Crippen molar-refractivity contribution in [2.45, 2.75) is 20.4 Å². The molecule has 2 aromatic rings. The number of carbonyl (C=O) groups is 2. The van der Waals surface area contributed by atoms with Gasteiger partial charge in [-0.1, -0.05) is 6.07 Å². The smallest absolute Gasteiger partial charge is 0.274 e. The van der Waals surface area contributed by atoms with Crippen LogP contribution < -0.4 is 20.5 Å². The number of aromatic nitrogens is 1. The van der Waals surface area contributed by atoms with Crippen molar-refractivity contribution in [2.24, 2.45) is 0 Å². The SMILES string of the molecule is COc1cccc(N2CCN(C(=O)Cn3c(C)ccc(NC(C)=O)c3=O)CC2)c1. The second-order valence-corrected chi connectivity index (χ2v) is 7.03. The largest absolute Gasteiger partial charge is 0.497 e. The Bertz CT molecular complexity index is 961. The molecule has 2 heterocycles. The molecule has 8 nitrogen and oxygen atoms in total. The molecule has 0 atom stereocenters. The summed E-state index contributed by atoms with van der Waals surface area (Å²) in [6, 6.07) is 11.1. The van der Waals surface area contributed by atoms with Gasteiger partial charge in [-0.25, -0.2) is 0 Å². The maximum atomic E-state index is 12.8. The minimum atomic E-state index is -0.372. The summed E-state index contributed by atoms with van der Waals surface area (Å²) >= 11 is 0. The van der Waals surface area contributed by atoms with E-state index >= 15 is 0 Å². The Morgan fingerprint density at radius 3 is 2.48 bits per heavy atom. The van der Waals surface area contributed by atoms with Crippen molar-refractivity contribution in [3.63, 3.8) is 0 Å². The first kappa shape index (κ1) is 20.4. The molecule has 1 N–H and O–H groups in total. The molecule has 1 aromatic carbocycles. The topological polar surface area (TPSA) is 83.9 Å². The number of carbonyl (C=O) groups excluding carboxylic acids is 2. The third-order valence-corrected chi connectivity index (χ3v) is 5.05. The Kier molecular flexibility index (Phi) is 6.21. The second-order valence-electron chi connectivity index (χ2n) is 7.03. The Balaban J connectivity index is 1.66. The first-order chi connectivity index (χ1) is 13.9. The number of nitrogens with one attached hydrogen (secondary N) is 1. The molecular formula is C21H26N4O4. The molecule has 1 aromatic heterocycles. The number of ether oxygens (including phenoxy) is 1. The zero-order valence-electron chi connectivity index (χ0n) is 17.0. The standard InChI is InChI=1S/C21H26N4O4/c1-15-7-8-19(22-16(2)26)21(28)25(15)14-20(27)24-11-9-23(10-12-24)17-5-4-6-18(13-17)29-3/h4-8,13H,9-12,14H2,1-3H3,(H,22,26). The van der Waals surface area contributed by atoms with Gasteiger partial charge in [0.15, 0.2) is 0 Å². The summed E-state index contributed by atoms with van der Waals surface area (Å²) in [5.74, 6) is 0.368. The predicted octanol–water partition coefficient (Wildman–Crippen LogP) is 1.47. The lowest BCUT2D eigenvalue weighted by molar-refractivity contribution is -0.132. The lowest BCUT2D eigenvalue weighted by Crippen LogP contribution is -2.50. The lowest BCUT2D eigenvalue weighted by atomic mass is 10.2. The summed E-state index contributed by atoms with van der Waals surface area (Å²) in [6.07, 6.45) is 0. The van der Waals surface area contributed by atoms with E-state index in [4.69, 9.17) is 4.74 Å². The summed E-state index contributed by atoms with van der Waals surface area (Å²) in [6.45, 7) is 5.64. The van der Waals surface area contributed by atoms with Gasteiger partial charge in [-0.15, -0.1) is 0 Å². The zero-order chi connectivity index (χ0) is 21.0. The average Bonchev–Trinajstić information content (AvgIpc) is 2.73. The molecule has 0 saturated carbocycles. The van der Waals surface area contributed by atoms with Crippen molar-refractivity contribution >= 4 is 23.2 Å². The molecule has 0 aliphatic carbocycles. The number of anilines is 2. The van der Waals surface area contributed by atoms with Gasteiger partial charge < -0.3 is 24.4 Å². The molecule has 0 bridgehead atoms. The number of benzene rings is 1. The van der Waals surface area contributed by atoms with Crippen molar-refractivity contribution in [2.75, 3.05) is 43.5 Å². The maximum absolute atomic E-state index is 12.8. The van der Waals surface area contributed by atoms with Crippen molar-refractivity contribution in [3.05, 3.63) is 52.4 Å². The van der Waals surface area contributed by atoms with E-state index in [-0.39, 0.29) is 29.6 Å². The molecule has 1 aliphatic rings. The first-order valence-corrected chi connectivity index (χ1v) is 9.54. The molecule has 29 heavy (non-hydrogen) atoms. The molecule has 0 spiro atoms. The maximum Gasteiger partial charge on any atom is 0.274 e. The number of hydrogen-bond acceptors (Lipinski definition) is 5. The number of amides is 2. The summed E-state index contributed by atoms with van der Waals surface area (Å²) in [5.41, 5.74) is 1.54. The molecular weight excluding hydrogens is 372 g/mol. The highest BCUT2D eigenvalue weighted by Gasteiger charge is 2.22. The van der Waals surface area contributed by atoms with Crippen molar-refractivity contribution < 1.29 is 14.3 Å². The molecule has 0 unspecified atom stereocenters. The van der Waals surface area contributed by atoms with Crippen LogP contribution in [0.4, 0.5) is 11.4 Å². The van der Waals surface area contributed by atoms with Gasteiger partial charge >= 0.3 is 0 Å². The molecule has 2 amide bonds. The second kappa shape index (κ2) is 8.81.